The Hall–Kier alpha value is -5.18. The number of urea groups is 2. The first-order valence-electron chi connectivity index (χ1n) is 14.7. The van der Waals surface area contributed by atoms with Crippen molar-refractivity contribution in [3.63, 3.8) is 0 Å². The third kappa shape index (κ3) is 7.80. The molecule has 3 atom stereocenters. The maximum absolute atomic E-state index is 13.7. The van der Waals surface area contributed by atoms with Crippen LogP contribution in [-0.2, 0) is 6.18 Å². The van der Waals surface area contributed by atoms with Gasteiger partial charge in [0.15, 0.2) is 11.5 Å². The number of nitrogens with one attached hydrogen (secondary N) is 3. The van der Waals surface area contributed by atoms with Crippen molar-refractivity contribution < 1.29 is 46.9 Å². The van der Waals surface area contributed by atoms with Gasteiger partial charge in [0.05, 0.1) is 30.3 Å². The third-order valence-corrected chi connectivity index (χ3v) is 7.82. The molecule has 0 fully saturated rings. The predicted octanol–water partition coefficient (Wildman–Crippen LogP) is 5.46. The quantitative estimate of drug-likeness (QED) is 0.264. The Bertz CT molecular complexity index is 1640. The van der Waals surface area contributed by atoms with Gasteiger partial charge in [-0.05, 0) is 61.5 Å². The molecule has 5 amide bonds. The van der Waals surface area contributed by atoms with Crippen molar-refractivity contribution >= 4 is 35.0 Å². The van der Waals surface area contributed by atoms with Gasteiger partial charge in [0.25, 0.3) is 5.91 Å². The lowest BCUT2D eigenvalue weighted by Gasteiger charge is -2.38. The normalized spacial score (nSPS) is 17.9. The number of carbonyl (C=O) groups excluding carboxylic acids is 3. The minimum Gasteiger partial charge on any atom is -0.487 e. The highest BCUT2D eigenvalue weighted by atomic mass is 19.4. The van der Waals surface area contributed by atoms with Crippen LogP contribution in [0, 0.1) is 5.92 Å². The second kappa shape index (κ2) is 13.7. The zero-order valence-electron chi connectivity index (χ0n) is 25.8. The van der Waals surface area contributed by atoms with Crippen molar-refractivity contribution in [3.8, 4) is 17.2 Å². The van der Waals surface area contributed by atoms with Crippen LogP contribution >= 0.6 is 0 Å². The molecule has 0 saturated carbocycles. The zero-order chi connectivity index (χ0) is 33.9. The number of halogens is 3. The smallest absolute Gasteiger partial charge is 0.416 e. The Morgan fingerprint density at radius 2 is 1.57 bits per heavy atom. The molecule has 0 saturated heterocycles. The van der Waals surface area contributed by atoms with Gasteiger partial charge in [-0.3, -0.25) is 4.79 Å². The van der Waals surface area contributed by atoms with E-state index < -0.39 is 41.9 Å². The van der Waals surface area contributed by atoms with E-state index in [0.29, 0.717) is 22.9 Å². The number of aliphatic hydroxyl groups is 1. The fourth-order valence-corrected chi connectivity index (χ4v) is 5.10. The molecule has 0 spiro atoms. The number of likely N-dealkylation sites (N-methyl/N-ethyl adjacent to an activating group) is 1. The molecule has 15 heteroatoms. The molecule has 0 bridgehead atoms. The van der Waals surface area contributed by atoms with Gasteiger partial charge >= 0.3 is 18.2 Å². The number of carbonyl (C=O) groups is 3. The summed E-state index contributed by atoms with van der Waals surface area (Å²) in [6.07, 6.45) is -5.13. The van der Waals surface area contributed by atoms with Gasteiger partial charge < -0.3 is 45.1 Å². The maximum Gasteiger partial charge on any atom is 0.416 e. The highest BCUT2D eigenvalue weighted by molar-refractivity contribution is 6.02. The van der Waals surface area contributed by atoms with Crippen LogP contribution < -0.4 is 30.2 Å². The number of hydrogen-bond acceptors (Lipinski definition) is 7. The molecule has 5 rings (SSSR count). The summed E-state index contributed by atoms with van der Waals surface area (Å²) in [4.78, 5) is 42.3. The molecule has 2 aliphatic heterocycles. The van der Waals surface area contributed by atoms with Crippen LogP contribution in [-0.4, -0.2) is 78.6 Å². The average molecular weight is 658 g/mol. The van der Waals surface area contributed by atoms with Crippen LogP contribution in [0.3, 0.4) is 0 Å². The minimum atomic E-state index is -4.50. The van der Waals surface area contributed by atoms with Crippen LogP contribution in [0.15, 0.2) is 60.7 Å². The Morgan fingerprint density at radius 1 is 0.957 bits per heavy atom. The van der Waals surface area contributed by atoms with Gasteiger partial charge in [-0.25, -0.2) is 9.59 Å². The van der Waals surface area contributed by atoms with E-state index in [4.69, 9.17) is 14.2 Å². The summed E-state index contributed by atoms with van der Waals surface area (Å²) in [5.41, 5.74) is 0.250. The molecule has 47 heavy (non-hydrogen) atoms. The summed E-state index contributed by atoms with van der Waals surface area (Å²) in [7, 11) is 1.51. The maximum atomic E-state index is 13.7. The summed E-state index contributed by atoms with van der Waals surface area (Å²) in [5.74, 6) is 0.542. The van der Waals surface area contributed by atoms with E-state index in [-0.39, 0.29) is 49.4 Å². The Labute approximate surface area is 268 Å². The molecular weight excluding hydrogens is 623 g/mol. The van der Waals surface area contributed by atoms with E-state index in [1.165, 1.54) is 35.0 Å². The van der Waals surface area contributed by atoms with Crippen LogP contribution in [0.4, 0.5) is 39.8 Å². The average Bonchev–Trinajstić information content (AvgIpc) is 3.50. The number of aliphatic hydroxyl groups excluding tert-OH is 1. The molecule has 2 heterocycles. The summed E-state index contributed by atoms with van der Waals surface area (Å²) in [5, 5.41) is 17.9. The molecular formula is C32H34F3N5O7. The van der Waals surface area contributed by atoms with E-state index in [0.717, 1.165) is 12.1 Å². The van der Waals surface area contributed by atoms with Crippen molar-refractivity contribution in [1.29, 1.82) is 0 Å². The van der Waals surface area contributed by atoms with Gasteiger partial charge in [0, 0.05) is 42.6 Å². The molecule has 4 N–H and O–H groups in total. The van der Waals surface area contributed by atoms with E-state index in [9.17, 15) is 32.7 Å². The summed E-state index contributed by atoms with van der Waals surface area (Å²) in [6, 6.07) is 11.9. The van der Waals surface area contributed by atoms with Gasteiger partial charge in [-0.15, -0.1) is 0 Å². The lowest BCUT2D eigenvalue weighted by atomic mass is 9.99. The Balaban J connectivity index is 1.31. The number of hydrogen-bond donors (Lipinski definition) is 4. The van der Waals surface area contributed by atoms with E-state index in [1.54, 1.807) is 37.3 Å². The standard InChI is InChI=1S/C32H34F3N5O7/c1-18-14-40(19(2)16-41)29(42)24-12-22(36-30(43)37-23-9-11-26-27(13-23)46-17-45-26)8-10-25(24)47-28(18)15-39(3)31(44)38-21-6-4-20(5-7-21)32(33,34)35/h4-13,18-19,28,41H,14-17H2,1-3H3,(H,38,44)(H2,36,37,43)/t18-,19+,28-/m1/s1. The zero-order valence-corrected chi connectivity index (χ0v) is 25.8. The number of alkyl halides is 3. The Kier molecular flexibility index (Phi) is 9.65. The van der Waals surface area contributed by atoms with Crippen molar-refractivity contribution in [3.05, 3.63) is 71.8 Å². The summed E-state index contributed by atoms with van der Waals surface area (Å²) in [6.45, 7) is 3.57. The first-order chi connectivity index (χ1) is 22.3. The van der Waals surface area contributed by atoms with Crippen LogP contribution in [0.25, 0.3) is 0 Å². The van der Waals surface area contributed by atoms with Gasteiger partial charge in [0.2, 0.25) is 6.79 Å². The van der Waals surface area contributed by atoms with E-state index in [2.05, 4.69) is 16.0 Å². The topological polar surface area (TPSA) is 142 Å². The molecule has 0 aliphatic carbocycles. The van der Waals surface area contributed by atoms with Gasteiger partial charge in [-0.1, -0.05) is 6.92 Å². The summed E-state index contributed by atoms with van der Waals surface area (Å²) < 4.78 is 55.7. The number of rotatable bonds is 7. The largest absolute Gasteiger partial charge is 0.487 e. The van der Waals surface area contributed by atoms with E-state index >= 15 is 0 Å². The van der Waals surface area contributed by atoms with Crippen LogP contribution in [0.5, 0.6) is 17.2 Å². The Morgan fingerprint density at radius 3 is 2.23 bits per heavy atom. The lowest BCUT2D eigenvalue weighted by Crippen LogP contribution is -2.50. The molecule has 3 aromatic carbocycles. The summed E-state index contributed by atoms with van der Waals surface area (Å²) >= 11 is 0. The molecule has 250 valence electrons. The molecule has 3 aromatic rings. The number of fused-ring (bicyclic) bond motifs is 2. The number of anilines is 3. The van der Waals surface area contributed by atoms with Gasteiger partial charge in [0.1, 0.15) is 11.9 Å². The van der Waals surface area contributed by atoms with Gasteiger partial charge in [-0.2, -0.15) is 13.2 Å². The first kappa shape index (κ1) is 33.2. The second-order valence-corrected chi connectivity index (χ2v) is 11.4. The van der Waals surface area contributed by atoms with Crippen LogP contribution in [0.2, 0.25) is 0 Å². The number of amides is 5. The monoisotopic (exact) mass is 657 g/mol. The van der Waals surface area contributed by atoms with Crippen molar-refractivity contribution in [2.24, 2.45) is 5.92 Å². The predicted molar refractivity (Wildman–Crippen MR) is 166 cm³/mol. The van der Waals surface area contributed by atoms with E-state index in [1.807, 2.05) is 6.92 Å². The fraction of sp³-hybridized carbons (Fsp3) is 0.344. The van der Waals surface area contributed by atoms with Crippen LogP contribution in [0.1, 0.15) is 29.8 Å². The molecule has 0 aromatic heterocycles. The minimum absolute atomic E-state index is 0.0561. The lowest BCUT2D eigenvalue weighted by molar-refractivity contribution is -0.137. The molecule has 2 aliphatic rings. The van der Waals surface area contributed by atoms with Crippen molar-refractivity contribution in [2.75, 3.05) is 49.5 Å². The fourth-order valence-electron chi connectivity index (χ4n) is 5.10. The van der Waals surface area contributed by atoms with Crippen molar-refractivity contribution in [2.45, 2.75) is 32.2 Å². The third-order valence-electron chi connectivity index (χ3n) is 7.82. The molecule has 0 radical (unpaired) electrons. The number of ether oxygens (including phenoxy) is 3. The first-order valence-corrected chi connectivity index (χ1v) is 14.7. The highest BCUT2D eigenvalue weighted by Crippen LogP contribution is 2.35. The van der Waals surface area contributed by atoms with Crippen molar-refractivity contribution in [1.82, 2.24) is 9.80 Å². The molecule has 12 nitrogen and oxygen atoms in total. The second-order valence-electron chi connectivity index (χ2n) is 11.4. The molecule has 0 unspecified atom stereocenters. The SMILES string of the molecule is C[C@@H]1CN([C@@H](C)CO)C(=O)c2cc(NC(=O)Nc3ccc4c(c3)OCO4)ccc2O[C@@H]1CN(C)C(=O)Nc1ccc(C(F)(F)F)cc1. The number of benzene rings is 3. The number of nitrogens with zero attached hydrogens (tertiary/aromatic N) is 2. The highest BCUT2D eigenvalue weighted by Gasteiger charge is 2.34.